The molecule has 0 aliphatic heterocycles. The van der Waals surface area contributed by atoms with Gasteiger partial charge in [-0.25, -0.2) is 0 Å². The normalized spacial score (nSPS) is 12.8. The van der Waals surface area contributed by atoms with Gasteiger partial charge in [0.05, 0.1) is 6.61 Å². The fraction of sp³-hybridized carbons (Fsp3) is 0.725. The average molecular weight is 781 g/mol. The molecule has 0 spiro atoms. The van der Waals surface area contributed by atoms with Crippen molar-refractivity contribution in [3.8, 4) is 0 Å². The molecular formula is C51H88O5. The first kappa shape index (κ1) is 53.3. The van der Waals surface area contributed by atoms with E-state index in [1.165, 1.54) is 89.9 Å². The molecule has 0 radical (unpaired) electrons. The van der Waals surface area contributed by atoms with Gasteiger partial charge in [0.1, 0.15) is 6.61 Å². The Morgan fingerprint density at radius 3 is 1.32 bits per heavy atom. The second-order valence-corrected chi connectivity index (χ2v) is 15.3. The summed E-state index contributed by atoms with van der Waals surface area (Å²) in [6.45, 7) is 7.58. The highest BCUT2D eigenvalue weighted by atomic mass is 16.6. The van der Waals surface area contributed by atoms with E-state index in [2.05, 4.69) is 93.7 Å². The summed E-state index contributed by atoms with van der Waals surface area (Å²) in [4.78, 5) is 25.1. The van der Waals surface area contributed by atoms with Crippen LogP contribution in [0.3, 0.4) is 0 Å². The number of allylic oxidation sites excluding steroid dienone is 12. The maximum atomic E-state index is 12.5. The van der Waals surface area contributed by atoms with Gasteiger partial charge >= 0.3 is 11.9 Å². The second kappa shape index (κ2) is 46.7. The summed E-state index contributed by atoms with van der Waals surface area (Å²) in [6.07, 6.45) is 59.3. The molecule has 0 rings (SSSR count). The summed E-state index contributed by atoms with van der Waals surface area (Å²) >= 11 is 0. The van der Waals surface area contributed by atoms with Crippen molar-refractivity contribution in [1.29, 1.82) is 0 Å². The van der Waals surface area contributed by atoms with Crippen LogP contribution in [0.15, 0.2) is 72.9 Å². The van der Waals surface area contributed by atoms with E-state index < -0.39 is 6.10 Å². The van der Waals surface area contributed by atoms with Gasteiger partial charge in [-0.1, -0.05) is 184 Å². The Morgan fingerprint density at radius 1 is 0.411 bits per heavy atom. The summed E-state index contributed by atoms with van der Waals surface area (Å²) in [5.41, 5.74) is 0. The van der Waals surface area contributed by atoms with Gasteiger partial charge in [0, 0.05) is 19.4 Å². The molecule has 322 valence electrons. The standard InChI is InChI=1S/C51H88O5/c1-4-7-10-13-15-17-19-21-23-25-26-27-28-30-32-34-36-39-41-44-50(52)55-48-49(56-51(53)45-42-38-12-9-6-3)47-54-46-43-40-37-35-33-31-29-24-22-20-18-16-14-11-8-5-2/h7,10,15-18,21-24,26-27,49H,4-6,8-9,11-14,19-20,25,28-48H2,1-3H3/b10-7-,17-15-,18-16-,23-21-,24-22-,27-26-. The van der Waals surface area contributed by atoms with Crippen LogP contribution in [-0.2, 0) is 23.8 Å². The van der Waals surface area contributed by atoms with Crippen LogP contribution in [0.1, 0.15) is 213 Å². The quantitative estimate of drug-likeness (QED) is 0.0351. The van der Waals surface area contributed by atoms with Crippen molar-refractivity contribution >= 4 is 11.9 Å². The molecule has 0 bridgehead atoms. The van der Waals surface area contributed by atoms with Gasteiger partial charge in [0.25, 0.3) is 0 Å². The monoisotopic (exact) mass is 781 g/mol. The van der Waals surface area contributed by atoms with Crippen LogP contribution in [0, 0.1) is 0 Å². The van der Waals surface area contributed by atoms with E-state index in [9.17, 15) is 9.59 Å². The Labute approximate surface area is 347 Å². The zero-order chi connectivity index (χ0) is 40.7. The lowest BCUT2D eigenvalue weighted by Gasteiger charge is -2.18. The number of esters is 2. The summed E-state index contributed by atoms with van der Waals surface area (Å²) in [5, 5.41) is 0. The zero-order valence-corrected chi connectivity index (χ0v) is 36.9. The molecule has 5 heteroatoms. The van der Waals surface area contributed by atoms with Crippen LogP contribution in [0.5, 0.6) is 0 Å². The molecule has 0 aliphatic rings. The number of hydrogen-bond acceptors (Lipinski definition) is 5. The van der Waals surface area contributed by atoms with Crippen molar-refractivity contribution in [2.75, 3.05) is 19.8 Å². The number of carbonyl (C=O) groups excluding carboxylic acids is 2. The van der Waals surface area contributed by atoms with Gasteiger partial charge in [0.15, 0.2) is 6.10 Å². The van der Waals surface area contributed by atoms with Crippen LogP contribution in [0.4, 0.5) is 0 Å². The molecule has 0 fully saturated rings. The lowest BCUT2D eigenvalue weighted by Crippen LogP contribution is -2.30. The second-order valence-electron chi connectivity index (χ2n) is 15.3. The number of rotatable bonds is 42. The van der Waals surface area contributed by atoms with Gasteiger partial charge in [0.2, 0.25) is 0 Å². The van der Waals surface area contributed by atoms with Crippen LogP contribution in [0.2, 0.25) is 0 Å². The highest BCUT2D eigenvalue weighted by molar-refractivity contribution is 5.70. The molecular weight excluding hydrogens is 693 g/mol. The fourth-order valence-electron chi connectivity index (χ4n) is 6.24. The predicted molar refractivity (Wildman–Crippen MR) is 242 cm³/mol. The number of ether oxygens (including phenoxy) is 3. The zero-order valence-electron chi connectivity index (χ0n) is 36.9. The molecule has 0 aromatic rings. The molecule has 0 aromatic carbocycles. The number of unbranched alkanes of at least 4 members (excludes halogenated alkanes) is 19. The summed E-state index contributed by atoms with van der Waals surface area (Å²) < 4.78 is 17.2. The Morgan fingerprint density at radius 2 is 0.804 bits per heavy atom. The van der Waals surface area contributed by atoms with E-state index in [0.29, 0.717) is 19.4 Å². The topological polar surface area (TPSA) is 61.8 Å². The largest absolute Gasteiger partial charge is 0.462 e. The van der Waals surface area contributed by atoms with Gasteiger partial charge < -0.3 is 14.2 Å². The van der Waals surface area contributed by atoms with E-state index in [1.54, 1.807) is 0 Å². The first-order chi connectivity index (χ1) is 27.6. The Bertz CT molecular complexity index is 1020. The molecule has 56 heavy (non-hydrogen) atoms. The van der Waals surface area contributed by atoms with E-state index in [4.69, 9.17) is 14.2 Å². The molecule has 0 amide bonds. The molecule has 5 nitrogen and oxygen atoms in total. The van der Waals surface area contributed by atoms with E-state index in [1.807, 2.05) is 0 Å². The molecule has 1 unspecified atom stereocenters. The van der Waals surface area contributed by atoms with Crippen LogP contribution in [0.25, 0.3) is 0 Å². The SMILES string of the molecule is CC/C=C\C/C=C\C/C=C\C/C=C\CCCCCCCCC(=O)OCC(COCCCCCCCC/C=C\C/C=C\CCCCC)OC(=O)CCCCCCC. The maximum Gasteiger partial charge on any atom is 0.306 e. The highest BCUT2D eigenvalue weighted by Crippen LogP contribution is 2.12. The first-order valence-electron chi connectivity index (χ1n) is 23.5. The minimum absolute atomic E-state index is 0.0708. The van der Waals surface area contributed by atoms with Crippen molar-refractivity contribution in [3.63, 3.8) is 0 Å². The van der Waals surface area contributed by atoms with Crippen LogP contribution < -0.4 is 0 Å². The van der Waals surface area contributed by atoms with Crippen molar-refractivity contribution < 1.29 is 23.8 Å². The number of hydrogen-bond donors (Lipinski definition) is 0. The maximum absolute atomic E-state index is 12.5. The van der Waals surface area contributed by atoms with Crippen molar-refractivity contribution in [2.24, 2.45) is 0 Å². The Kier molecular flexibility index (Phi) is 44.5. The third kappa shape index (κ3) is 44.1. The van der Waals surface area contributed by atoms with E-state index in [0.717, 1.165) is 89.9 Å². The first-order valence-corrected chi connectivity index (χ1v) is 23.5. The summed E-state index contributed by atoms with van der Waals surface area (Å²) in [5.74, 6) is -0.433. The average Bonchev–Trinajstić information content (AvgIpc) is 3.20. The van der Waals surface area contributed by atoms with Crippen molar-refractivity contribution in [3.05, 3.63) is 72.9 Å². The van der Waals surface area contributed by atoms with Gasteiger partial charge in [-0.2, -0.15) is 0 Å². The smallest absolute Gasteiger partial charge is 0.306 e. The van der Waals surface area contributed by atoms with Gasteiger partial charge in [-0.15, -0.1) is 0 Å². The Balaban J connectivity index is 4.09. The lowest BCUT2D eigenvalue weighted by atomic mass is 10.1. The van der Waals surface area contributed by atoms with Gasteiger partial charge in [-0.05, 0) is 89.9 Å². The fourth-order valence-corrected chi connectivity index (χ4v) is 6.24. The third-order valence-corrected chi connectivity index (χ3v) is 9.73. The highest BCUT2D eigenvalue weighted by Gasteiger charge is 2.17. The van der Waals surface area contributed by atoms with Crippen molar-refractivity contribution in [2.45, 2.75) is 219 Å². The summed E-state index contributed by atoms with van der Waals surface area (Å²) in [7, 11) is 0. The van der Waals surface area contributed by atoms with E-state index in [-0.39, 0.29) is 25.2 Å². The summed E-state index contributed by atoms with van der Waals surface area (Å²) in [6, 6.07) is 0. The molecule has 0 N–H and O–H groups in total. The van der Waals surface area contributed by atoms with Gasteiger partial charge in [-0.3, -0.25) is 9.59 Å². The Hall–Kier alpha value is -2.66. The molecule has 0 saturated carbocycles. The molecule has 0 aliphatic carbocycles. The number of carbonyl (C=O) groups is 2. The predicted octanol–water partition coefficient (Wildman–Crippen LogP) is 15.6. The van der Waals surface area contributed by atoms with Crippen LogP contribution in [-0.4, -0.2) is 37.9 Å². The van der Waals surface area contributed by atoms with Crippen molar-refractivity contribution in [1.82, 2.24) is 0 Å². The van der Waals surface area contributed by atoms with E-state index >= 15 is 0 Å². The molecule has 0 heterocycles. The minimum atomic E-state index is -0.545. The molecule has 0 aromatic heterocycles. The lowest BCUT2D eigenvalue weighted by molar-refractivity contribution is -0.163. The van der Waals surface area contributed by atoms with Crippen LogP contribution >= 0.6 is 0 Å². The minimum Gasteiger partial charge on any atom is -0.462 e. The molecule has 1 atom stereocenters. The molecule has 0 saturated heterocycles. The third-order valence-electron chi connectivity index (χ3n) is 9.73.